The van der Waals surface area contributed by atoms with Crippen molar-refractivity contribution in [2.75, 3.05) is 0 Å². The minimum absolute atomic E-state index is 0.852. The summed E-state index contributed by atoms with van der Waals surface area (Å²) in [5.74, 6) is 0. The molecule has 3 rings (SSSR count). The second kappa shape index (κ2) is 9.11. The Labute approximate surface area is 178 Å². The maximum atomic E-state index is 6.84. The molecule has 0 aliphatic rings. The SMILES string of the molecule is CCc1cc(CC)cc(-c2c([SiH3])ccc(Cl)c2-c2cc(CC)cc(CC)c2)c1. The van der Waals surface area contributed by atoms with Crippen molar-refractivity contribution in [3.05, 3.63) is 75.8 Å². The second-order valence-electron chi connectivity index (χ2n) is 7.60. The monoisotopic (exact) mass is 406 g/mol. The van der Waals surface area contributed by atoms with Gasteiger partial charge in [0.1, 0.15) is 0 Å². The van der Waals surface area contributed by atoms with Gasteiger partial charge in [-0.05, 0) is 70.7 Å². The lowest BCUT2D eigenvalue weighted by Crippen LogP contribution is -2.09. The van der Waals surface area contributed by atoms with Crippen molar-refractivity contribution >= 4 is 27.0 Å². The third kappa shape index (κ3) is 4.26. The van der Waals surface area contributed by atoms with Gasteiger partial charge in [-0.25, -0.2) is 0 Å². The molecule has 0 aliphatic heterocycles. The van der Waals surface area contributed by atoms with Gasteiger partial charge in [0.15, 0.2) is 0 Å². The highest BCUT2D eigenvalue weighted by atomic mass is 35.5. The molecule has 0 radical (unpaired) electrons. The van der Waals surface area contributed by atoms with Crippen LogP contribution in [0.3, 0.4) is 0 Å². The third-order valence-electron chi connectivity index (χ3n) is 5.68. The van der Waals surface area contributed by atoms with Crippen LogP contribution in [0.1, 0.15) is 49.9 Å². The Bertz CT molecular complexity index is 863. The van der Waals surface area contributed by atoms with Gasteiger partial charge in [0.05, 0.1) is 0 Å². The number of hydrogen-bond donors (Lipinski definition) is 0. The highest BCUT2D eigenvalue weighted by molar-refractivity contribution is 6.40. The topological polar surface area (TPSA) is 0 Å². The molecule has 0 fully saturated rings. The van der Waals surface area contributed by atoms with Gasteiger partial charge in [0.25, 0.3) is 0 Å². The Morgan fingerprint density at radius 1 is 0.607 bits per heavy atom. The average Bonchev–Trinajstić information content (AvgIpc) is 2.73. The molecule has 3 aromatic rings. The molecule has 3 aromatic carbocycles. The minimum atomic E-state index is 0.852. The summed E-state index contributed by atoms with van der Waals surface area (Å²) in [6.45, 7) is 8.92. The van der Waals surface area contributed by atoms with E-state index in [0.717, 1.165) is 40.9 Å². The highest BCUT2D eigenvalue weighted by Gasteiger charge is 2.16. The molecule has 0 spiro atoms. The zero-order valence-corrected chi connectivity index (χ0v) is 20.6. The van der Waals surface area contributed by atoms with Crippen molar-refractivity contribution in [2.24, 2.45) is 0 Å². The standard InChI is InChI=1S/C26H31ClSi/c1-5-17-11-18(6-2)14-21(13-17)25-23(27)9-10-24(28)26(25)22-15-19(7-3)12-20(8-4)16-22/h9-16H,5-8H2,1-4,28H3. The molecule has 28 heavy (non-hydrogen) atoms. The summed E-state index contributed by atoms with van der Waals surface area (Å²) in [5.41, 5.74) is 10.7. The Balaban J connectivity index is 2.33. The molecule has 0 aliphatic carbocycles. The number of aryl methyl sites for hydroxylation is 4. The predicted molar refractivity (Wildman–Crippen MR) is 129 cm³/mol. The van der Waals surface area contributed by atoms with E-state index >= 15 is 0 Å². The molecule has 146 valence electrons. The van der Waals surface area contributed by atoms with Crippen LogP contribution in [0.2, 0.25) is 5.02 Å². The van der Waals surface area contributed by atoms with Crippen molar-refractivity contribution < 1.29 is 0 Å². The first kappa shape index (κ1) is 20.9. The van der Waals surface area contributed by atoms with Crippen LogP contribution in [-0.2, 0) is 25.7 Å². The smallest absolute Gasteiger partial charge is 0.0490 e. The van der Waals surface area contributed by atoms with E-state index in [1.807, 2.05) is 0 Å². The average molecular weight is 407 g/mol. The summed E-state index contributed by atoms with van der Waals surface area (Å²) in [6, 6.07) is 18.3. The second-order valence-corrected chi connectivity index (χ2v) is 9.09. The summed E-state index contributed by atoms with van der Waals surface area (Å²) in [7, 11) is 0.996. The van der Waals surface area contributed by atoms with Gasteiger partial charge in [-0.2, -0.15) is 0 Å². The molecule has 0 amide bonds. The Kier molecular flexibility index (Phi) is 6.80. The van der Waals surface area contributed by atoms with E-state index in [-0.39, 0.29) is 0 Å². The van der Waals surface area contributed by atoms with E-state index in [2.05, 4.69) is 76.2 Å². The van der Waals surface area contributed by atoms with Crippen molar-refractivity contribution in [1.82, 2.24) is 0 Å². The van der Waals surface area contributed by atoms with Crippen molar-refractivity contribution in [3.8, 4) is 22.3 Å². The molecule has 0 unspecified atom stereocenters. The van der Waals surface area contributed by atoms with Crippen LogP contribution in [0.25, 0.3) is 22.3 Å². The van der Waals surface area contributed by atoms with Crippen LogP contribution in [-0.4, -0.2) is 10.2 Å². The molecule has 0 heterocycles. The molecular weight excluding hydrogens is 376 g/mol. The highest BCUT2D eigenvalue weighted by Crippen LogP contribution is 2.38. The molecule has 0 aromatic heterocycles. The zero-order valence-electron chi connectivity index (χ0n) is 17.8. The largest absolute Gasteiger partial charge is 0.0836 e. The molecule has 0 saturated carbocycles. The van der Waals surface area contributed by atoms with Crippen LogP contribution in [0.5, 0.6) is 0 Å². The fourth-order valence-corrected chi connectivity index (χ4v) is 4.94. The van der Waals surface area contributed by atoms with E-state index in [4.69, 9.17) is 11.6 Å². The van der Waals surface area contributed by atoms with Gasteiger partial charge in [-0.3, -0.25) is 0 Å². The van der Waals surface area contributed by atoms with Crippen LogP contribution in [0.4, 0.5) is 0 Å². The number of hydrogen-bond acceptors (Lipinski definition) is 0. The van der Waals surface area contributed by atoms with Crippen LogP contribution < -0.4 is 5.19 Å². The Hall–Kier alpha value is -1.83. The number of halogens is 1. The summed E-state index contributed by atoms with van der Waals surface area (Å²) in [4.78, 5) is 0. The Morgan fingerprint density at radius 2 is 1.00 bits per heavy atom. The first-order valence-corrected chi connectivity index (χ1v) is 11.9. The van der Waals surface area contributed by atoms with Crippen molar-refractivity contribution in [1.29, 1.82) is 0 Å². The van der Waals surface area contributed by atoms with E-state index in [9.17, 15) is 0 Å². The summed E-state index contributed by atoms with van der Waals surface area (Å²) >= 11 is 6.84. The molecular formula is C26H31ClSi. The van der Waals surface area contributed by atoms with Gasteiger partial charge in [-0.15, -0.1) is 0 Å². The van der Waals surface area contributed by atoms with Crippen molar-refractivity contribution in [2.45, 2.75) is 53.4 Å². The molecule has 0 atom stereocenters. The Morgan fingerprint density at radius 3 is 1.39 bits per heavy atom. The normalized spacial score (nSPS) is 11.2. The first-order valence-electron chi connectivity index (χ1n) is 10.6. The van der Waals surface area contributed by atoms with Crippen LogP contribution in [0, 0.1) is 0 Å². The summed E-state index contributed by atoms with van der Waals surface area (Å²) in [6.07, 6.45) is 4.19. The van der Waals surface area contributed by atoms with Gasteiger partial charge in [-0.1, -0.05) is 86.9 Å². The van der Waals surface area contributed by atoms with Crippen molar-refractivity contribution in [3.63, 3.8) is 0 Å². The van der Waals surface area contributed by atoms with Gasteiger partial charge >= 0.3 is 0 Å². The number of benzene rings is 3. The van der Waals surface area contributed by atoms with Gasteiger partial charge < -0.3 is 0 Å². The quantitative estimate of drug-likeness (QED) is 0.446. The lowest BCUT2D eigenvalue weighted by molar-refractivity contribution is 1.09. The lowest BCUT2D eigenvalue weighted by Gasteiger charge is -2.18. The zero-order chi connectivity index (χ0) is 20.3. The van der Waals surface area contributed by atoms with Crippen LogP contribution >= 0.6 is 11.6 Å². The fourth-order valence-electron chi connectivity index (χ4n) is 3.97. The van der Waals surface area contributed by atoms with Gasteiger partial charge in [0.2, 0.25) is 0 Å². The van der Waals surface area contributed by atoms with E-state index in [0.29, 0.717) is 0 Å². The van der Waals surface area contributed by atoms with E-state index in [1.165, 1.54) is 49.7 Å². The lowest BCUT2D eigenvalue weighted by atomic mass is 9.89. The molecule has 0 N–H and O–H groups in total. The third-order valence-corrected chi connectivity index (χ3v) is 6.83. The maximum absolute atomic E-state index is 6.84. The maximum Gasteiger partial charge on any atom is 0.0490 e. The molecule has 0 nitrogen and oxygen atoms in total. The minimum Gasteiger partial charge on any atom is -0.0836 e. The van der Waals surface area contributed by atoms with Crippen LogP contribution in [0.15, 0.2) is 48.5 Å². The van der Waals surface area contributed by atoms with E-state index in [1.54, 1.807) is 0 Å². The summed E-state index contributed by atoms with van der Waals surface area (Å²) in [5, 5.41) is 2.26. The summed E-state index contributed by atoms with van der Waals surface area (Å²) < 4.78 is 0. The molecule has 2 heteroatoms. The molecule has 0 saturated heterocycles. The predicted octanol–water partition coefficient (Wildman–Crippen LogP) is 5.91. The fraction of sp³-hybridized carbons (Fsp3) is 0.308. The molecule has 0 bridgehead atoms. The first-order chi connectivity index (χ1) is 13.5. The van der Waals surface area contributed by atoms with E-state index < -0.39 is 0 Å². The van der Waals surface area contributed by atoms with Gasteiger partial charge in [0, 0.05) is 20.8 Å². The number of rotatable bonds is 6.